The summed E-state index contributed by atoms with van der Waals surface area (Å²) in [6, 6.07) is -0.397. The highest BCUT2D eigenvalue weighted by Crippen LogP contribution is 2.28. The molecular weight excluding hydrogens is 260 g/mol. The Labute approximate surface area is 117 Å². The zero-order chi connectivity index (χ0) is 13.2. The Morgan fingerprint density at radius 3 is 3.11 bits per heavy atom. The number of rotatable bonds is 3. The third-order valence-electron chi connectivity index (χ3n) is 4.11. The van der Waals surface area contributed by atoms with E-state index < -0.39 is 12.0 Å². The number of thioether (sulfide) groups is 1. The normalized spacial score (nSPS) is 26.9. The summed E-state index contributed by atoms with van der Waals surface area (Å²) in [6.07, 6.45) is 8.19. The molecule has 1 aromatic rings. The van der Waals surface area contributed by atoms with E-state index in [0.29, 0.717) is 0 Å². The van der Waals surface area contributed by atoms with Gasteiger partial charge in [-0.25, -0.2) is 9.78 Å². The Hall–Kier alpha value is -0.970. The summed E-state index contributed by atoms with van der Waals surface area (Å²) in [5.74, 6) is 3.48. The Bertz CT molecular complexity index is 466. The molecule has 2 unspecified atom stereocenters. The first kappa shape index (κ1) is 13.0. The molecule has 1 fully saturated rings. The van der Waals surface area contributed by atoms with Crippen molar-refractivity contribution in [2.75, 3.05) is 11.5 Å². The average molecular weight is 280 g/mol. The fourth-order valence-corrected chi connectivity index (χ4v) is 4.30. The lowest BCUT2D eigenvalue weighted by Crippen LogP contribution is -2.24. The molecule has 0 amide bonds. The van der Waals surface area contributed by atoms with E-state index in [-0.39, 0.29) is 0 Å². The third kappa shape index (κ3) is 2.81. The molecule has 1 N–H and O–H groups in total. The molecule has 0 bridgehead atoms. The number of aryl methyl sites for hydroxylation is 1. The Morgan fingerprint density at radius 1 is 1.47 bits per heavy atom. The van der Waals surface area contributed by atoms with Crippen molar-refractivity contribution in [3.63, 3.8) is 0 Å². The first-order valence-corrected chi connectivity index (χ1v) is 8.26. The van der Waals surface area contributed by atoms with Crippen LogP contribution in [0.2, 0.25) is 0 Å². The minimum Gasteiger partial charge on any atom is -0.480 e. The second-order valence-electron chi connectivity index (χ2n) is 5.59. The molecule has 0 saturated carbocycles. The molecule has 1 saturated heterocycles. The highest BCUT2D eigenvalue weighted by molar-refractivity contribution is 7.99. The van der Waals surface area contributed by atoms with Gasteiger partial charge in [0.15, 0.2) is 0 Å². The maximum absolute atomic E-state index is 11.3. The van der Waals surface area contributed by atoms with Crippen LogP contribution in [0.15, 0.2) is 6.20 Å². The lowest BCUT2D eigenvalue weighted by molar-refractivity contribution is -0.141. The van der Waals surface area contributed by atoms with Crippen LogP contribution in [0, 0.1) is 5.92 Å². The van der Waals surface area contributed by atoms with Gasteiger partial charge < -0.3 is 9.67 Å². The second kappa shape index (κ2) is 5.57. The van der Waals surface area contributed by atoms with Gasteiger partial charge in [-0.05, 0) is 49.5 Å². The monoisotopic (exact) mass is 280 g/mol. The molecule has 2 atom stereocenters. The van der Waals surface area contributed by atoms with Gasteiger partial charge in [0.1, 0.15) is 11.9 Å². The van der Waals surface area contributed by atoms with Gasteiger partial charge >= 0.3 is 5.97 Å². The molecule has 1 aromatic heterocycles. The van der Waals surface area contributed by atoms with E-state index in [1.165, 1.54) is 24.3 Å². The fraction of sp³-hybridized carbons (Fsp3) is 0.714. The van der Waals surface area contributed by atoms with Crippen molar-refractivity contribution < 1.29 is 9.90 Å². The number of carboxylic acids is 1. The van der Waals surface area contributed by atoms with Crippen molar-refractivity contribution in [3.05, 3.63) is 17.7 Å². The fourth-order valence-electron chi connectivity index (χ4n) is 3.14. The lowest BCUT2D eigenvalue weighted by atomic mass is 10.00. The van der Waals surface area contributed by atoms with Crippen LogP contribution in [0.25, 0.3) is 0 Å². The van der Waals surface area contributed by atoms with E-state index in [9.17, 15) is 9.90 Å². The van der Waals surface area contributed by atoms with E-state index in [1.54, 1.807) is 0 Å². The zero-order valence-corrected chi connectivity index (χ0v) is 11.9. The van der Waals surface area contributed by atoms with Gasteiger partial charge in [0.2, 0.25) is 0 Å². The molecule has 19 heavy (non-hydrogen) atoms. The Balaban J connectivity index is 1.75. The van der Waals surface area contributed by atoms with Crippen LogP contribution < -0.4 is 0 Å². The summed E-state index contributed by atoms with van der Waals surface area (Å²) in [4.78, 5) is 15.9. The molecule has 5 heteroatoms. The molecule has 2 aliphatic rings. The molecule has 104 valence electrons. The number of aliphatic carboxylic acids is 1. The van der Waals surface area contributed by atoms with E-state index in [1.807, 2.05) is 22.5 Å². The van der Waals surface area contributed by atoms with Gasteiger partial charge in [-0.3, -0.25) is 0 Å². The predicted octanol–water partition coefficient (Wildman–Crippen LogP) is 2.53. The summed E-state index contributed by atoms with van der Waals surface area (Å²) in [5, 5.41) is 9.26. The largest absolute Gasteiger partial charge is 0.480 e. The van der Waals surface area contributed by atoms with Gasteiger partial charge in [0, 0.05) is 12.6 Å². The van der Waals surface area contributed by atoms with Crippen LogP contribution in [-0.4, -0.2) is 32.1 Å². The van der Waals surface area contributed by atoms with Crippen LogP contribution in [-0.2, 0) is 17.6 Å². The number of carbonyl (C=O) groups is 1. The van der Waals surface area contributed by atoms with Gasteiger partial charge in [0.05, 0.1) is 5.69 Å². The van der Waals surface area contributed by atoms with E-state index >= 15 is 0 Å². The Morgan fingerprint density at radius 2 is 2.37 bits per heavy atom. The maximum atomic E-state index is 11.3. The van der Waals surface area contributed by atoms with Gasteiger partial charge in [-0.1, -0.05) is 0 Å². The van der Waals surface area contributed by atoms with Crippen molar-refractivity contribution in [2.24, 2.45) is 5.92 Å². The predicted molar refractivity (Wildman–Crippen MR) is 75.6 cm³/mol. The summed E-state index contributed by atoms with van der Waals surface area (Å²) >= 11 is 2.03. The first-order chi connectivity index (χ1) is 9.24. The SMILES string of the molecule is O=C(O)C1CCCc2nc(CC3CCCSC3)cn21. The van der Waals surface area contributed by atoms with Crippen molar-refractivity contribution in [1.29, 1.82) is 0 Å². The van der Waals surface area contributed by atoms with Crippen molar-refractivity contribution in [1.82, 2.24) is 9.55 Å². The van der Waals surface area contributed by atoms with Crippen LogP contribution in [0.4, 0.5) is 0 Å². The summed E-state index contributed by atoms with van der Waals surface area (Å²) in [6.45, 7) is 0. The van der Waals surface area contributed by atoms with Crippen LogP contribution in [0.5, 0.6) is 0 Å². The molecule has 0 aromatic carbocycles. The van der Waals surface area contributed by atoms with Crippen molar-refractivity contribution in [3.8, 4) is 0 Å². The smallest absolute Gasteiger partial charge is 0.326 e. The number of hydrogen-bond donors (Lipinski definition) is 1. The van der Waals surface area contributed by atoms with Crippen LogP contribution in [0.1, 0.15) is 43.2 Å². The molecule has 0 aliphatic carbocycles. The summed E-state index contributed by atoms with van der Waals surface area (Å²) < 4.78 is 1.90. The van der Waals surface area contributed by atoms with Gasteiger partial charge in [-0.15, -0.1) is 0 Å². The van der Waals surface area contributed by atoms with Crippen molar-refractivity contribution >= 4 is 17.7 Å². The average Bonchev–Trinajstić information content (AvgIpc) is 2.81. The molecule has 3 heterocycles. The number of imidazole rings is 1. The minimum absolute atomic E-state index is 0.397. The Kier molecular flexibility index (Phi) is 3.82. The third-order valence-corrected chi connectivity index (χ3v) is 5.39. The summed E-state index contributed by atoms with van der Waals surface area (Å²) in [5.41, 5.74) is 1.09. The number of hydrogen-bond acceptors (Lipinski definition) is 3. The van der Waals surface area contributed by atoms with E-state index in [4.69, 9.17) is 0 Å². The lowest BCUT2D eigenvalue weighted by Gasteiger charge is -2.21. The highest BCUT2D eigenvalue weighted by Gasteiger charge is 2.27. The van der Waals surface area contributed by atoms with Crippen LogP contribution in [0.3, 0.4) is 0 Å². The first-order valence-electron chi connectivity index (χ1n) is 7.11. The number of aromatic nitrogens is 2. The van der Waals surface area contributed by atoms with Crippen LogP contribution >= 0.6 is 11.8 Å². The number of nitrogens with zero attached hydrogens (tertiary/aromatic N) is 2. The number of fused-ring (bicyclic) bond motifs is 1. The molecule has 2 aliphatic heterocycles. The topological polar surface area (TPSA) is 55.1 Å². The maximum Gasteiger partial charge on any atom is 0.326 e. The minimum atomic E-state index is -0.724. The number of carboxylic acid groups (broad SMARTS) is 1. The quantitative estimate of drug-likeness (QED) is 0.924. The standard InChI is InChI=1S/C14H20N2O2S/c17-14(18)12-4-1-5-13-15-11(8-16(12)13)7-10-3-2-6-19-9-10/h8,10,12H,1-7,9H2,(H,17,18). The molecule has 0 radical (unpaired) electrons. The molecule has 4 nitrogen and oxygen atoms in total. The van der Waals surface area contributed by atoms with Gasteiger partial charge in [-0.2, -0.15) is 11.8 Å². The molecular formula is C14H20N2O2S. The molecule has 0 spiro atoms. The van der Waals surface area contributed by atoms with E-state index in [0.717, 1.165) is 43.1 Å². The van der Waals surface area contributed by atoms with Gasteiger partial charge in [0.25, 0.3) is 0 Å². The summed E-state index contributed by atoms with van der Waals surface area (Å²) in [7, 11) is 0. The highest BCUT2D eigenvalue weighted by atomic mass is 32.2. The second-order valence-corrected chi connectivity index (χ2v) is 6.74. The van der Waals surface area contributed by atoms with Crippen molar-refractivity contribution in [2.45, 2.75) is 44.6 Å². The zero-order valence-electron chi connectivity index (χ0n) is 11.0. The molecule has 3 rings (SSSR count). The van der Waals surface area contributed by atoms with E-state index in [2.05, 4.69) is 4.98 Å².